The van der Waals surface area contributed by atoms with Crippen LogP contribution in [0, 0.1) is 0 Å². The first-order valence-corrected chi connectivity index (χ1v) is 5.81. The van der Waals surface area contributed by atoms with E-state index in [1.807, 2.05) is 18.2 Å². The van der Waals surface area contributed by atoms with Crippen LogP contribution >= 0.6 is 0 Å². The molecule has 2 atom stereocenters. The van der Waals surface area contributed by atoms with Gasteiger partial charge in [0.25, 0.3) is 0 Å². The first-order chi connectivity index (χ1) is 7.79. The average molecular weight is 223 g/mol. The molecule has 0 amide bonds. The highest BCUT2D eigenvalue weighted by Crippen LogP contribution is 2.27. The molecule has 0 aromatic heterocycles. The summed E-state index contributed by atoms with van der Waals surface area (Å²) >= 11 is 0. The van der Waals surface area contributed by atoms with Gasteiger partial charge in [0.05, 0.1) is 7.11 Å². The highest BCUT2D eigenvalue weighted by molar-refractivity contribution is 5.29. The number of methoxy groups -OCH3 is 1. The molecule has 1 fully saturated rings. The fourth-order valence-corrected chi connectivity index (χ4v) is 2.18. The van der Waals surface area contributed by atoms with Crippen molar-refractivity contribution < 1.29 is 9.13 Å². The summed E-state index contributed by atoms with van der Waals surface area (Å²) in [6, 6.07) is 7.61. The lowest BCUT2D eigenvalue weighted by Crippen LogP contribution is -2.22. The van der Waals surface area contributed by atoms with Crippen LogP contribution in [0.25, 0.3) is 0 Å². The molecule has 3 heteroatoms. The molecule has 16 heavy (non-hydrogen) atoms. The summed E-state index contributed by atoms with van der Waals surface area (Å²) in [6.45, 7) is 1.02. The number of rotatable bonds is 4. The minimum Gasteiger partial charge on any atom is -0.497 e. The van der Waals surface area contributed by atoms with Crippen molar-refractivity contribution in [1.82, 2.24) is 5.32 Å². The van der Waals surface area contributed by atoms with E-state index in [4.69, 9.17) is 4.74 Å². The van der Waals surface area contributed by atoms with E-state index in [-0.39, 0.29) is 0 Å². The third-order valence-electron chi connectivity index (χ3n) is 3.11. The molecule has 88 valence electrons. The van der Waals surface area contributed by atoms with Crippen molar-refractivity contribution in [2.45, 2.75) is 31.5 Å². The number of hydrogen-bond donors (Lipinski definition) is 1. The quantitative estimate of drug-likeness (QED) is 0.847. The number of alkyl halides is 1. The van der Waals surface area contributed by atoms with Crippen LogP contribution in [0.4, 0.5) is 4.39 Å². The lowest BCUT2D eigenvalue weighted by molar-refractivity contribution is 0.292. The van der Waals surface area contributed by atoms with Gasteiger partial charge < -0.3 is 10.1 Å². The Hall–Kier alpha value is -1.09. The maximum Gasteiger partial charge on any atom is 0.127 e. The summed E-state index contributed by atoms with van der Waals surface area (Å²) in [5.74, 6) is 0.722. The van der Waals surface area contributed by atoms with E-state index in [0.717, 1.165) is 25.1 Å². The maximum absolute atomic E-state index is 14.0. The van der Waals surface area contributed by atoms with Gasteiger partial charge in [-0.25, -0.2) is 4.39 Å². The molecule has 2 unspecified atom stereocenters. The summed E-state index contributed by atoms with van der Waals surface area (Å²) in [5, 5.41) is 3.31. The number of hydrogen-bond acceptors (Lipinski definition) is 2. The van der Waals surface area contributed by atoms with Crippen molar-refractivity contribution in [1.29, 1.82) is 0 Å². The molecule has 0 radical (unpaired) electrons. The Labute approximate surface area is 95.8 Å². The highest BCUT2D eigenvalue weighted by atomic mass is 19.1. The topological polar surface area (TPSA) is 21.3 Å². The summed E-state index contributed by atoms with van der Waals surface area (Å²) < 4.78 is 19.1. The average Bonchev–Trinajstić information content (AvgIpc) is 2.82. The van der Waals surface area contributed by atoms with Crippen molar-refractivity contribution in [3.05, 3.63) is 29.8 Å². The van der Waals surface area contributed by atoms with Gasteiger partial charge in [0.2, 0.25) is 0 Å². The molecule has 0 aliphatic carbocycles. The minimum absolute atomic E-state index is 0.334. The van der Waals surface area contributed by atoms with E-state index in [1.165, 1.54) is 0 Å². The van der Waals surface area contributed by atoms with E-state index in [0.29, 0.717) is 18.0 Å². The SMILES string of the molecule is COc1cccc(C(F)CC2CCCN2)c1. The summed E-state index contributed by atoms with van der Waals surface area (Å²) in [7, 11) is 1.60. The zero-order chi connectivity index (χ0) is 11.4. The van der Waals surface area contributed by atoms with Gasteiger partial charge in [-0.3, -0.25) is 0 Å². The van der Waals surface area contributed by atoms with Crippen LogP contribution in [0.5, 0.6) is 5.75 Å². The monoisotopic (exact) mass is 223 g/mol. The van der Waals surface area contributed by atoms with Crippen LogP contribution in [0.15, 0.2) is 24.3 Å². The van der Waals surface area contributed by atoms with E-state index in [1.54, 1.807) is 13.2 Å². The van der Waals surface area contributed by atoms with Crippen LogP contribution < -0.4 is 10.1 Å². The fourth-order valence-electron chi connectivity index (χ4n) is 2.18. The van der Waals surface area contributed by atoms with Crippen LogP contribution in [0.1, 0.15) is 31.0 Å². The predicted octanol–water partition coefficient (Wildman–Crippen LogP) is 2.85. The zero-order valence-corrected chi connectivity index (χ0v) is 9.58. The van der Waals surface area contributed by atoms with Crippen LogP contribution in [-0.4, -0.2) is 19.7 Å². The molecule has 1 aromatic rings. The summed E-state index contributed by atoms with van der Waals surface area (Å²) in [6.07, 6.45) is 1.92. The van der Waals surface area contributed by atoms with Gasteiger partial charge in [-0.05, 0) is 43.5 Å². The molecule has 2 rings (SSSR count). The molecular weight excluding hydrogens is 205 g/mol. The Morgan fingerprint density at radius 1 is 1.56 bits per heavy atom. The van der Waals surface area contributed by atoms with Crippen molar-refractivity contribution in [3.63, 3.8) is 0 Å². The number of nitrogens with one attached hydrogen (secondary N) is 1. The minimum atomic E-state index is -0.897. The standard InChI is InChI=1S/C13H18FNO/c1-16-12-6-2-4-10(8-12)13(14)9-11-5-3-7-15-11/h2,4,6,8,11,13,15H,3,5,7,9H2,1H3. The van der Waals surface area contributed by atoms with Crippen molar-refractivity contribution in [3.8, 4) is 5.75 Å². The Morgan fingerprint density at radius 3 is 3.12 bits per heavy atom. The molecule has 2 nitrogen and oxygen atoms in total. The summed E-state index contributed by atoms with van der Waals surface area (Å²) in [4.78, 5) is 0. The molecule has 1 N–H and O–H groups in total. The fraction of sp³-hybridized carbons (Fsp3) is 0.538. The second-order valence-electron chi connectivity index (χ2n) is 4.27. The Bertz CT molecular complexity index is 336. The Morgan fingerprint density at radius 2 is 2.44 bits per heavy atom. The van der Waals surface area contributed by atoms with Gasteiger partial charge in [0.15, 0.2) is 0 Å². The number of benzene rings is 1. The van der Waals surface area contributed by atoms with Gasteiger partial charge in [0, 0.05) is 6.04 Å². The van der Waals surface area contributed by atoms with Crippen molar-refractivity contribution in [2.24, 2.45) is 0 Å². The van der Waals surface area contributed by atoms with Crippen LogP contribution in [0.3, 0.4) is 0 Å². The molecule has 1 aliphatic rings. The van der Waals surface area contributed by atoms with Gasteiger partial charge >= 0.3 is 0 Å². The molecule has 1 saturated heterocycles. The number of ether oxygens (including phenoxy) is 1. The second-order valence-corrected chi connectivity index (χ2v) is 4.27. The van der Waals surface area contributed by atoms with Gasteiger partial charge in [-0.2, -0.15) is 0 Å². The van der Waals surface area contributed by atoms with Crippen LogP contribution in [-0.2, 0) is 0 Å². The first-order valence-electron chi connectivity index (χ1n) is 5.81. The van der Waals surface area contributed by atoms with Crippen molar-refractivity contribution >= 4 is 0 Å². The molecule has 0 saturated carbocycles. The molecule has 1 aliphatic heterocycles. The lowest BCUT2D eigenvalue weighted by atomic mass is 10.0. The lowest BCUT2D eigenvalue weighted by Gasteiger charge is -2.14. The predicted molar refractivity (Wildman–Crippen MR) is 62.5 cm³/mol. The van der Waals surface area contributed by atoms with E-state index < -0.39 is 6.17 Å². The largest absolute Gasteiger partial charge is 0.497 e. The van der Waals surface area contributed by atoms with Gasteiger partial charge in [-0.15, -0.1) is 0 Å². The zero-order valence-electron chi connectivity index (χ0n) is 9.58. The molecule has 0 spiro atoms. The smallest absolute Gasteiger partial charge is 0.127 e. The third kappa shape index (κ3) is 2.73. The number of halogens is 1. The van der Waals surface area contributed by atoms with Gasteiger partial charge in [0.1, 0.15) is 11.9 Å². The Kier molecular flexibility index (Phi) is 3.78. The molecule has 1 aromatic carbocycles. The first kappa shape index (κ1) is 11.4. The summed E-state index contributed by atoms with van der Waals surface area (Å²) in [5.41, 5.74) is 0.716. The van der Waals surface area contributed by atoms with Gasteiger partial charge in [-0.1, -0.05) is 12.1 Å². The van der Waals surface area contributed by atoms with E-state index >= 15 is 0 Å². The normalized spacial score (nSPS) is 22.0. The second kappa shape index (κ2) is 5.30. The maximum atomic E-state index is 14.0. The van der Waals surface area contributed by atoms with E-state index in [9.17, 15) is 4.39 Å². The molecule has 1 heterocycles. The van der Waals surface area contributed by atoms with E-state index in [2.05, 4.69) is 5.32 Å². The Balaban J connectivity index is 1.98. The molecular formula is C13H18FNO. The molecule has 0 bridgehead atoms. The third-order valence-corrected chi connectivity index (χ3v) is 3.11. The van der Waals surface area contributed by atoms with Crippen molar-refractivity contribution in [2.75, 3.05) is 13.7 Å². The van der Waals surface area contributed by atoms with Crippen LogP contribution in [0.2, 0.25) is 0 Å². The highest BCUT2D eigenvalue weighted by Gasteiger charge is 2.20.